The van der Waals surface area contributed by atoms with Crippen LogP contribution in [0.1, 0.15) is 122 Å². The van der Waals surface area contributed by atoms with Crippen molar-refractivity contribution in [2.75, 3.05) is 28.4 Å². The minimum absolute atomic E-state index is 0.0771. The van der Waals surface area contributed by atoms with E-state index in [9.17, 15) is 40.2 Å². The van der Waals surface area contributed by atoms with E-state index in [2.05, 4.69) is 0 Å². The summed E-state index contributed by atoms with van der Waals surface area (Å²) in [6, 6.07) is 17.5. The zero-order chi connectivity index (χ0) is 62.6. The van der Waals surface area contributed by atoms with Crippen LogP contribution >= 0.6 is 0 Å². The van der Waals surface area contributed by atoms with Gasteiger partial charge >= 0.3 is 11.9 Å². The predicted molar refractivity (Wildman–Crippen MR) is 309 cm³/mol. The van der Waals surface area contributed by atoms with Crippen LogP contribution in [-0.4, -0.2) is 216 Å². The van der Waals surface area contributed by atoms with Crippen molar-refractivity contribution in [1.29, 1.82) is 0 Å². The fourth-order valence-corrected chi connectivity index (χ4v) is 16.1. The van der Waals surface area contributed by atoms with Crippen molar-refractivity contribution >= 4 is 18.0 Å². The third kappa shape index (κ3) is 11.9. The van der Waals surface area contributed by atoms with Gasteiger partial charge in [-0.1, -0.05) is 74.5 Å². The van der Waals surface area contributed by atoms with Crippen LogP contribution < -0.4 is 0 Å². The van der Waals surface area contributed by atoms with E-state index in [1.807, 2.05) is 58.0 Å². The standard InChI is InChI=1S/C65H92O22/c1-35-52(67)57(77-11)53(68)59(81-35)87-56-38(4)80-51(32-45(56)76-10)86-55-37(3)79-50(31-44(55)75-9)85-54-36(2)78-49(30-43(54)74-8)83-42-24-25-60(6)46-33-47(84-48(66)23-22-40-18-14-12-15-19-40)61(7)63(71,39(5)82-58(69)41-20-16-13-17-21-41)28-29-65(61,73)64(46,72)27-26-62(60,70)34-42/h12-23,26-27,35-39,42-47,49-57,59,67-68,70-73H,24-25,28-34H2,1-11H3. The molecule has 22 heteroatoms. The van der Waals surface area contributed by atoms with Gasteiger partial charge in [0.2, 0.25) is 0 Å². The number of aliphatic hydroxyl groups is 6. The Labute approximate surface area is 509 Å². The van der Waals surface area contributed by atoms with Gasteiger partial charge in [0.1, 0.15) is 65.6 Å². The highest BCUT2D eigenvalue weighted by Crippen LogP contribution is 2.72. The van der Waals surface area contributed by atoms with Crippen molar-refractivity contribution in [2.45, 2.75) is 251 Å². The number of esters is 2. The first-order valence-electron chi connectivity index (χ1n) is 30.8. The van der Waals surface area contributed by atoms with Gasteiger partial charge in [-0.15, -0.1) is 0 Å². The molecule has 87 heavy (non-hydrogen) atoms. The van der Waals surface area contributed by atoms with Gasteiger partial charge in [-0.3, -0.25) is 0 Å². The van der Waals surface area contributed by atoms with E-state index in [4.69, 9.17) is 66.3 Å². The maximum absolute atomic E-state index is 14.0. The molecule has 0 amide bonds. The second-order valence-electron chi connectivity index (χ2n) is 25.9. The highest BCUT2D eigenvalue weighted by Gasteiger charge is 2.82. The van der Waals surface area contributed by atoms with Gasteiger partial charge in [0.25, 0.3) is 0 Å². The number of hydrogen-bond donors (Lipinski definition) is 6. The minimum atomic E-state index is -2.17. The molecule has 27 unspecified atom stereocenters. The molecule has 4 saturated heterocycles. The average molecular weight is 1230 g/mol. The first-order chi connectivity index (χ1) is 41.3. The summed E-state index contributed by atoms with van der Waals surface area (Å²) in [7, 11) is 6.17. The number of carbonyl (C=O) groups is 2. The smallest absolute Gasteiger partial charge is 0.338 e. The van der Waals surface area contributed by atoms with E-state index in [1.165, 1.54) is 19.3 Å². The second-order valence-corrected chi connectivity index (χ2v) is 25.9. The van der Waals surface area contributed by atoms with Crippen LogP contribution in [-0.2, 0) is 71.1 Å². The van der Waals surface area contributed by atoms with E-state index >= 15 is 0 Å². The molecule has 0 spiro atoms. The molecule has 4 aliphatic carbocycles. The molecule has 4 aliphatic heterocycles. The molecule has 0 aromatic heterocycles. The molecule has 0 bridgehead atoms. The van der Waals surface area contributed by atoms with Crippen LogP contribution in [0.5, 0.6) is 0 Å². The van der Waals surface area contributed by atoms with Crippen LogP contribution in [0, 0.1) is 16.7 Å². The molecule has 2 aromatic rings. The second kappa shape index (κ2) is 26.0. The van der Waals surface area contributed by atoms with Crippen LogP contribution in [0.2, 0.25) is 0 Å². The molecular formula is C65H92O22. The van der Waals surface area contributed by atoms with Crippen molar-refractivity contribution in [3.8, 4) is 0 Å². The molecule has 10 rings (SSSR count). The third-order valence-electron chi connectivity index (χ3n) is 21.3. The molecule has 3 saturated carbocycles. The number of fused-ring (bicyclic) bond motifs is 5. The Hall–Kier alpha value is -3.86. The molecule has 6 N–H and O–H groups in total. The van der Waals surface area contributed by atoms with E-state index in [0.29, 0.717) is 19.3 Å². The van der Waals surface area contributed by atoms with E-state index in [0.717, 1.165) is 5.56 Å². The summed E-state index contributed by atoms with van der Waals surface area (Å²) in [5.74, 6) is -2.36. The summed E-state index contributed by atoms with van der Waals surface area (Å²) < 4.78 is 87.2. The Bertz CT molecular complexity index is 2720. The van der Waals surface area contributed by atoms with Crippen LogP contribution in [0.3, 0.4) is 0 Å². The molecule has 484 valence electrons. The SMILES string of the molecule is COC1CC(OC2CCC3(C)C4CC(OC(=O)C=Cc5ccccc5)C5(C)C(O)(C(C)OC(=O)c6ccccc6)CCC5(O)C4(O)C=CC3(O)C2)OC(C)C1OC1CC(OC)C(OC2CC(OC)C(OC3OC(C)C(O)C(OC)C3O)C(C)O2)C(C)O1. The molecular weight excluding hydrogens is 1130 g/mol. The molecule has 2 aromatic carbocycles. The van der Waals surface area contributed by atoms with Gasteiger partial charge in [0.15, 0.2) is 25.2 Å². The molecule has 7 fully saturated rings. The van der Waals surface area contributed by atoms with Crippen LogP contribution in [0.15, 0.2) is 78.9 Å². The van der Waals surface area contributed by atoms with Crippen molar-refractivity contribution in [3.63, 3.8) is 0 Å². The zero-order valence-corrected chi connectivity index (χ0v) is 51.8. The average Bonchev–Trinajstić information content (AvgIpc) is 1.61. The first-order valence-corrected chi connectivity index (χ1v) is 30.8. The number of aliphatic hydroxyl groups excluding tert-OH is 2. The fourth-order valence-electron chi connectivity index (χ4n) is 16.1. The summed E-state index contributed by atoms with van der Waals surface area (Å²) in [5.41, 5.74) is -9.83. The van der Waals surface area contributed by atoms with Crippen molar-refractivity contribution < 1.29 is 107 Å². The first kappa shape index (κ1) is 66.1. The van der Waals surface area contributed by atoms with E-state index in [1.54, 1.807) is 84.6 Å². The van der Waals surface area contributed by atoms with Gasteiger partial charge < -0.3 is 97.0 Å². The molecule has 0 radical (unpaired) electrons. The summed E-state index contributed by atoms with van der Waals surface area (Å²) >= 11 is 0. The lowest BCUT2D eigenvalue weighted by Crippen LogP contribution is -2.80. The molecule has 4 heterocycles. The quantitative estimate of drug-likeness (QED) is 0.0662. The molecule has 22 nitrogen and oxygen atoms in total. The Kier molecular flexibility index (Phi) is 19.8. The summed E-state index contributed by atoms with van der Waals surface area (Å²) in [5, 5.41) is 74.2. The number of benzene rings is 2. The van der Waals surface area contributed by atoms with Crippen LogP contribution in [0.25, 0.3) is 6.08 Å². The van der Waals surface area contributed by atoms with Gasteiger partial charge in [-0.05, 0) is 90.5 Å². The van der Waals surface area contributed by atoms with Crippen molar-refractivity contribution in [3.05, 3.63) is 90.0 Å². The number of rotatable bonds is 18. The van der Waals surface area contributed by atoms with Crippen molar-refractivity contribution in [2.24, 2.45) is 16.7 Å². The topological polar surface area (TPSA) is 285 Å². The highest BCUT2D eigenvalue weighted by molar-refractivity contribution is 5.89. The Balaban J connectivity index is 0.787. The Morgan fingerprint density at radius 1 is 0.621 bits per heavy atom. The number of hydrogen-bond acceptors (Lipinski definition) is 22. The normalized spacial score (nSPS) is 46.7. The minimum Gasteiger partial charge on any atom is -0.458 e. The number of carbonyl (C=O) groups excluding carboxylic acids is 2. The Morgan fingerprint density at radius 3 is 1.71 bits per heavy atom. The largest absolute Gasteiger partial charge is 0.458 e. The van der Waals surface area contributed by atoms with E-state index < -0.39 is 174 Å². The van der Waals surface area contributed by atoms with Gasteiger partial charge in [0.05, 0.1) is 65.4 Å². The van der Waals surface area contributed by atoms with Crippen molar-refractivity contribution in [1.82, 2.24) is 0 Å². The maximum Gasteiger partial charge on any atom is 0.338 e. The lowest BCUT2D eigenvalue weighted by molar-refractivity contribution is -0.356. The number of methoxy groups -OCH3 is 4. The van der Waals surface area contributed by atoms with Gasteiger partial charge in [-0.25, -0.2) is 9.59 Å². The van der Waals surface area contributed by atoms with E-state index in [-0.39, 0.29) is 44.1 Å². The summed E-state index contributed by atoms with van der Waals surface area (Å²) in [4.78, 5) is 27.5. The molecule has 27 atom stereocenters. The Morgan fingerprint density at radius 2 is 1.16 bits per heavy atom. The summed E-state index contributed by atoms with van der Waals surface area (Å²) in [6.45, 7) is 12.3. The monoisotopic (exact) mass is 1220 g/mol. The zero-order valence-electron chi connectivity index (χ0n) is 51.8. The lowest BCUT2D eigenvalue weighted by Gasteiger charge is -2.68. The van der Waals surface area contributed by atoms with Crippen LogP contribution in [0.4, 0.5) is 0 Å². The highest BCUT2D eigenvalue weighted by atomic mass is 16.8. The maximum atomic E-state index is 14.0. The summed E-state index contributed by atoms with van der Waals surface area (Å²) in [6.07, 6.45) is -8.01. The molecule has 8 aliphatic rings. The number of ether oxygens (including phenoxy) is 14. The lowest BCUT2D eigenvalue weighted by atomic mass is 9.41. The predicted octanol–water partition coefficient (Wildman–Crippen LogP) is 4.83. The fraction of sp³-hybridized carbons (Fsp3) is 0.723. The van der Waals surface area contributed by atoms with Gasteiger partial charge in [-0.2, -0.15) is 0 Å². The van der Waals surface area contributed by atoms with Gasteiger partial charge in [0, 0.05) is 71.5 Å². The third-order valence-corrected chi connectivity index (χ3v) is 21.3.